The predicted molar refractivity (Wildman–Crippen MR) is 95.8 cm³/mol. The molecule has 1 atom stereocenters. The fraction of sp³-hybridized carbons (Fsp3) is 0.500. The number of nitrogens with one attached hydrogen (secondary N) is 1. The zero-order valence-electron chi connectivity index (χ0n) is 14.6. The van der Waals surface area contributed by atoms with Crippen LogP contribution in [0.15, 0.2) is 18.2 Å². The minimum atomic E-state index is -1.06. The van der Waals surface area contributed by atoms with E-state index in [2.05, 4.69) is 5.32 Å². The first-order valence-electron chi connectivity index (χ1n) is 8.35. The third-order valence-electron chi connectivity index (χ3n) is 4.02. The van der Waals surface area contributed by atoms with Gasteiger partial charge in [-0.05, 0) is 43.9 Å². The first-order valence-corrected chi connectivity index (χ1v) is 8.73. The van der Waals surface area contributed by atoms with Crippen molar-refractivity contribution in [3.63, 3.8) is 0 Å². The average molecular weight is 367 g/mol. The highest BCUT2D eigenvalue weighted by Crippen LogP contribution is 2.32. The summed E-state index contributed by atoms with van der Waals surface area (Å²) in [5, 5.41) is 12.2. The lowest BCUT2D eigenvalue weighted by atomic mass is 10.1. The smallest absolute Gasteiger partial charge is 0.326 e. The number of nitrogens with zero attached hydrogens (tertiary/aromatic N) is 1. The van der Waals surface area contributed by atoms with E-state index in [0.717, 1.165) is 12.8 Å². The van der Waals surface area contributed by atoms with E-state index in [9.17, 15) is 19.5 Å². The molecule has 1 aromatic rings. The zero-order valence-corrected chi connectivity index (χ0v) is 15.3. The van der Waals surface area contributed by atoms with Crippen molar-refractivity contribution in [1.29, 1.82) is 0 Å². The fourth-order valence-electron chi connectivity index (χ4n) is 2.62. The summed E-state index contributed by atoms with van der Waals surface area (Å²) in [5.41, 5.74) is 0.668. The van der Waals surface area contributed by atoms with Gasteiger partial charge in [0.05, 0.1) is 10.6 Å². The molecule has 1 aromatic carbocycles. The van der Waals surface area contributed by atoms with E-state index in [1.807, 2.05) is 13.8 Å². The van der Waals surface area contributed by atoms with Crippen LogP contribution in [-0.4, -0.2) is 39.9 Å². The zero-order chi connectivity index (χ0) is 18.7. The van der Waals surface area contributed by atoms with Crippen LogP contribution in [0.3, 0.4) is 0 Å². The van der Waals surface area contributed by atoms with E-state index in [1.165, 1.54) is 24.0 Å². The SMILES string of the molecule is CC(C)CC(=O)Nc1ccc(Cl)c(C(=O)N(C2CC2)C(C)C(=O)O)c1. The Bertz CT molecular complexity index is 686. The summed E-state index contributed by atoms with van der Waals surface area (Å²) in [6.07, 6.45) is 1.94. The lowest BCUT2D eigenvalue weighted by Crippen LogP contribution is -2.44. The van der Waals surface area contributed by atoms with E-state index < -0.39 is 17.9 Å². The molecule has 2 rings (SSSR count). The molecular formula is C18H23ClN2O4. The molecule has 0 heterocycles. The molecule has 1 aliphatic carbocycles. The third-order valence-corrected chi connectivity index (χ3v) is 4.35. The lowest BCUT2D eigenvalue weighted by molar-refractivity contribution is -0.141. The molecule has 7 heteroatoms. The number of rotatable bonds is 7. The Morgan fingerprint density at radius 3 is 2.44 bits per heavy atom. The van der Waals surface area contributed by atoms with Crippen LogP contribution in [0.2, 0.25) is 5.02 Å². The normalized spacial score (nSPS) is 14.9. The summed E-state index contributed by atoms with van der Waals surface area (Å²) < 4.78 is 0. The van der Waals surface area contributed by atoms with Crippen LogP contribution in [0, 0.1) is 5.92 Å². The van der Waals surface area contributed by atoms with Crippen LogP contribution < -0.4 is 5.32 Å². The maximum absolute atomic E-state index is 12.9. The second-order valence-electron chi connectivity index (χ2n) is 6.80. The Labute approximate surface area is 152 Å². The highest BCUT2D eigenvalue weighted by atomic mass is 35.5. The predicted octanol–water partition coefficient (Wildman–Crippen LogP) is 3.40. The van der Waals surface area contributed by atoms with E-state index in [1.54, 1.807) is 6.07 Å². The standard InChI is InChI=1S/C18H23ClN2O4/c1-10(2)8-16(22)20-12-4-7-15(19)14(9-12)17(23)21(13-5-6-13)11(3)18(24)25/h4,7,9-11,13H,5-6,8H2,1-3H3,(H,20,22)(H,24,25). The Balaban J connectivity index is 2.24. The number of anilines is 1. The second-order valence-corrected chi connectivity index (χ2v) is 7.21. The highest BCUT2D eigenvalue weighted by molar-refractivity contribution is 6.34. The van der Waals surface area contributed by atoms with Gasteiger partial charge in [0.1, 0.15) is 6.04 Å². The molecule has 0 bridgehead atoms. The fourth-order valence-corrected chi connectivity index (χ4v) is 2.82. The van der Waals surface area contributed by atoms with Crippen molar-refractivity contribution in [2.75, 3.05) is 5.32 Å². The topological polar surface area (TPSA) is 86.7 Å². The van der Waals surface area contributed by atoms with Crippen molar-refractivity contribution in [3.8, 4) is 0 Å². The van der Waals surface area contributed by atoms with Crippen LogP contribution in [0.25, 0.3) is 0 Å². The van der Waals surface area contributed by atoms with Gasteiger partial charge in [-0.2, -0.15) is 0 Å². The van der Waals surface area contributed by atoms with Crippen molar-refractivity contribution in [3.05, 3.63) is 28.8 Å². The van der Waals surface area contributed by atoms with Gasteiger partial charge in [-0.1, -0.05) is 25.4 Å². The minimum Gasteiger partial charge on any atom is -0.480 e. The second kappa shape index (κ2) is 7.87. The number of hydrogen-bond acceptors (Lipinski definition) is 3. The molecule has 0 saturated heterocycles. The summed E-state index contributed by atoms with van der Waals surface area (Å²) in [7, 11) is 0. The quantitative estimate of drug-likeness (QED) is 0.774. The number of aliphatic carboxylic acids is 1. The number of hydrogen-bond donors (Lipinski definition) is 2. The Hall–Kier alpha value is -2.08. The number of carboxylic acids is 1. The number of carboxylic acid groups (broad SMARTS) is 1. The monoisotopic (exact) mass is 366 g/mol. The van der Waals surface area contributed by atoms with Crippen LogP contribution in [0.4, 0.5) is 5.69 Å². The molecular weight excluding hydrogens is 344 g/mol. The maximum Gasteiger partial charge on any atom is 0.326 e. The molecule has 2 N–H and O–H groups in total. The van der Waals surface area contributed by atoms with Gasteiger partial charge in [0, 0.05) is 18.2 Å². The molecule has 0 spiro atoms. The molecule has 1 saturated carbocycles. The Morgan fingerprint density at radius 2 is 1.92 bits per heavy atom. The highest BCUT2D eigenvalue weighted by Gasteiger charge is 2.39. The van der Waals surface area contributed by atoms with Gasteiger partial charge in [0.15, 0.2) is 0 Å². The number of amides is 2. The number of carbonyl (C=O) groups excluding carboxylic acids is 2. The van der Waals surface area contributed by atoms with Gasteiger partial charge in [0.2, 0.25) is 5.91 Å². The summed E-state index contributed by atoms with van der Waals surface area (Å²) in [6.45, 7) is 5.37. The molecule has 1 fully saturated rings. The van der Waals surface area contributed by atoms with Crippen LogP contribution in [0.1, 0.15) is 50.4 Å². The van der Waals surface area contributed by atoms with Gasteiger partial charge < -0.3 is 15.3 Å². The largest absolute Gasteiger partial charge is 0.480 e. The van der Waals surface area contributed by atoms with Gasteiger partial charge >= 0.3 is 5.97 Å². The molecule has 0 aliphatic heterocycles. The number of benzene rings is 1. The lowest BCUT2D eigenvalue weighted by Gasteiger charge is -2.27. The summed E-state index contributed by atoms with van der Waals surface area (Å²) in [5.74, 6) is -1.41. The average Bonchev–Trinajstić information content (AvgIpc) is 3.33. The van der Waals surface area contributed by atoms with E-state index >= 15 is 0 Å². The van der Waals surface area contributed by atoms with Crippen LogP contribution in [-0.2, 0) is 9.59 Å². The third kappa shape index (κ3) is 4.95. The van der Waals surface area contributed by atoms with Gasteiger partial charge in [-0.3, -0.25) is 9.59 Å². The van der Waals surface area contributed by atoms with Crippen LogP contribution in [0.5, 0.6) is 0 Å². The molecule has 6 nitrogen and oxygen atoms in total. The van der Waals surface area contributed by atoms with Crippen molar-refractivity contribution in [1.82, 2.24) is 4.90 Å². The van der Waals surface area contributed by atoms with E-state index in [4.69, 9.17) is 11.6 Å². The Kier molecular flexibility index (Phi) is 6.06. The van der Waals surface area contributed by atoms with Crippen LogP contribution >= 0.6 is 11.6 Å². The van der Waals surface area contributed by atoms with Crippen molar-refractivity contribution < 1.29 is 19.5 Å². The molecule has 0 radical (unpaired) electrons. The Morgan fingerprint density at radius 1 is 1.28 bits per heavy atom. The van der Waals surface area contributed by atoms with E-state index in [-0.39, 0.29) is 28.5 Å². The first kappa shape index (κ1) is 19.2. The molecule has 25 heavy (non-hydrogen) atoms. The number of carbonyl (C=O) groups is 3. The van der Waals surface area contributed by atoms with Crippen molar-refractivity contribution in [2.45, 2.75) is 52.1 Å². The molecule has 1 unspecified atom stereocenters. The molecule has 2 amide bonds. The van der Waals surface area contributed by atoms with Gasteiger partial charge in [-0.25, -0.2) is 4.79 Å². The number of halogens is 1. The summed E-state index contributed by atoms with van der Waals surface area (Å²) >= 11 is 6.16. The van der Waals surface area contributed by atoms with Gasteiger partial charge in [0.25, 0.3) is 5.91 Å². The minimum absolute atomic E-state index is 0.0751. The summed E-state index contributed by atoms with van der Waals surface area (Å²) in [4.78, 5) is 37.5. The van der Waals surface area contributed by atoms with Crippen molar-refractivity contribution >= 4 is 35.1 Å². The maximum atomic E-state index is 12.9. The molecule has 136 valence electrons. The van der Waals surface area contributed by atoms with E-state index in [0.29, 0.717) is 12.1 Å². The van der Waals surface area contributed by atoms with Gasteiger partial charge in [-0.15, -0.1) is 0 Å². The molecule has 0 aromatic heterocycles. The molecule has 1 aliphatic rings. The summed E-state index contributed by atoms with van der Waals surface area (Å²) in [6, 6.07) is 3.66. The first-order chi connectivity index (χ1) is 11.7. The van der Waals surface area contributed by atoms with Crippen molar-refractivity contribution in [2.24, 2.45) is 5.92 Å².